The number of anilines is 1. The highest BCUT2D eigenvalue weighted by atomic mass is 32.2. The molecule has 1 atom stereocenters. The van der Waals surface area contributed by atoms with Crippen molar-refractivity contribution in [3.8, 4) is 5.75 Å². The lowest BCUT2D eigenvalue weighted by atomic mass is 9.94. The van der Waals surface area contributed by atoms with Crippen LogP contribution in [0.25, 0.3) is 0 Å². The number of sulfonamides is 1. The first-order valence-corrected chi connectivity index (χ1v) is 18.6. The first kappa shape index (κ1) is 35.7. The van der Waals surface area contributed by atoms with Gasteiger partial charge in [0.25, 0.3) is 10.0 Å². The molecule has 5 rings (SSSR count). The summed E-state index contributed by atoms with van der Waals surface area (Å²) in [7, 11) is -4.19. The Labute approximate surface area is 291 Å². The number of aryl methyl sites for hydroxylation is 2. The van der Waals surface area contributed by atoms with E-state index in [2.05, 4.69) is 5.32 Å². The van der Waals surface area contributed by atoms with Gasteiger partial charge in [-0.25, -0.2) is 8.42 Å². The van der Waals surface area contributed by atoms with E-state index in [0.717, 1.165) is 58.7 Å². The van der Waals surface area contributed by atoms with Crippen LogP contribution in [0.3, 0.4) is 0 Å². The first-order chi connectivity index (χ1) is 23.6. The molecule has 0 aromatic heterocycles. The van der Waals surface area contributed by atoms with Gasteiger partial charge >= 0.3 is 0 Å². The molecule has 4 aromatic carbocycles. The highest BCUT2D eigenvalue weighted by Gasteiger charge is 2.35. The number of carbonyl (C=O) groups is 2. The Balaban J connectivity index is 1.56. The van der Waals surface area contributed by atoms with Crippen molar-refractivity contribution in [3.63, 3.8) is 0 Å². The molecule has 9 heteroatoms. The Kier molecular flexibility index (Phi) is 12.1. The SMILES string of the molecule is CCOc1ccc(N(CC(=O)N(Cc2cccc(C)c2)[C@H](Cc2ccccc2)C(=O)NC2CCCCC2)S(=O)(=O)c2ccc(C)cc2)cc1. The summed E-state index contributed by atoms with van der Waals surface area (Å²) in [6, 6.07) is 29.9. The van der Waals surface area contributed by atoms with Gasteiger partial charge in [-0.2, -0.15) is 0 Å². The minimum Gasteiger partial charge on any atom is -0.494 e. The van der Waals surface area contributed by atoms with E-state index in [1.807, 2.05) is 75.4 Å². The zero-order valence-electron chi connectivity index (χ0n) is 28.7. The number of benzene rings is 4. The lowest BCUT2D eigenvalue weighted by Gasteiger charge is -2.35. The van der Waals surface area contributed by atoms with Gasteiger partial charge in [-0.3, -0.25) is 13.9 Å². The van der Waals surface area contributed by atoms with Crippen LogP contribution in [0.15, 0.2) is 108 Å². The number of ether oxygens (including phenoxy) is 1. The van der Waals surface area contributed by atoms with Gasteiger partial charge in [0.2, 0.25) is 11.8 Å². The van der Waals surface area contributed by atoms with Crippen molar-refractivity contribution in [3.05, 3.63) is 125 Å². The number of hydrogen-bond donors (Lipinski definition) is 1. The van der Waals surface area contributed by atoms with E-state index in [1.165, 1.54) is 0 Å². The van der Waals surface area contributed by atoms with Gasteiger partial charge in [0.15, 0.2) is 0 Å². The smallest absolute Gasteiger partial charge is 0.264 e. The largest absolute Gasteiger partial charge is 0.494 e. The van der Waals surface area contributed by atoms with Crippen LogP contribution in [0, 0.1) is 13.8 Å². The molecular weight excluding hydrogens is 635 g/mol. The van der Waals surface area contributed by atoms with Crippen molar-refractivity contribution >= 4 is 27.5 Å². The molecule has 0 spiro atoms. The Morgan fingerprint density at radius 3 is 2.14 bits per heavy atom. The van der Waals surface area contributed by atoms with Crippen LogP contribution >= 0.6 is 0 Å². The third-order valence-corrected chi connectivity index (χ3v) is 10.8. The molecule has 0 saturated heterocycles. The summed E-state index contributed by atoms with van der Waals surface area (Å²) in [6.07, 6.45) is 5.33. The van der Waals surface area contributed by atoms with Crippen LogP contribution in [-0.4, -0.2) is 50.4 Å². The monoisotopic (exact) mass is 681 g/mol. The minimum atomic E-state index is -4.19. The molecule has 258 valence electrons. The van der Waals surface area contributed by atoms with Crippen LogP contribution in [0.1, 0.15) is 61.3 Å². The first-order valence-electron chi connectivity index (χ1n) is 17.2. The highest BCUT2D eigenvalue weighted by molar-refractivity contribution is 7.92. The van der Waals surface area contributed by atoms with E-state index in [1.54, 1.807) is 53.4 Å². The number of carbonyl (C=O) groups excluding carboxylic acids is 2. The number of amides is 2. The third-order valence-electron chi connectivity index (χ3n) is 8.98. The maximum atomic E-state index is 14.8. The Morgan fingerprint density at radius 2 is 1.49 bits per heavy atom. The standard InChI is InChI=1S/C40H47N3O5S/c1-4-48-36-22-20-35(21-23-36)43(49(46,47)37-24-18-30(2)19-25-37)29-39(44)42(28-33-15-11-12-31(3)26-33)38(27-32-13-7-5-8-14-32)40(45)41-34-16-9-6-10-17-34/h5,7-8,11-15,18-26,34,38H,4,6,9-10,16-17,27-29H2,1-3H3,(H,41,45)/t38-/m1/s1. The second-order valence-corrected chi connectivity index (χ2v) is 14.7. The van der Waals surface area contributed by atoms with Crippen molar-refractivity contribution in [1.82, 2.24) is 10.2 Å². The molecule has 0 bridgehead atoms. The van der Waals surface area contributed by atoms with Crippen LogP contribution in [-0.2, 0) is 32.6 Å². The fourth-order valence-electron chi connectivity index (χ4n) is 6.35. The van der Waals surface area contributed by atoms with Crippen molar-refractivity contribution in [2.45, 2.75) is 82.8 Å². The molecular formula is C40H47N3O5S. The predicted octanol–water partition coefficient (Wildman–Crippen LogP) is 6.99. The predicted molar refractivity (Wildman–Crippen MR) is 194 cm³/mol. The summed E-state index contributed by atoms with van der Waals surface area (Å²) in [6.45, 7) is 5.84. The van der Waals surface area contributed by atoms with Gasteiger partial charge < -0.3 is 15.0 Å². The lowest BCUT2D eigenvalue weighted by molar-refractivity contribution is -0.140. The molecule has 1 saturated carbocycles. The molecule has 0 aliphatic heterocycles. The van der Waals surface area contributed by atoms with E-state index in [0.29, 0.717) is 18.0 Å². The summed E-state index contributed by atoms with van der Waals surface area (Å²) in [5.41, 5.74) is 4.02. The zero-order valence-corrected chi connectivity index (χ0v) is 29.5. The van der Waals surface area contributed by atoms with Crippen LogP contribution in [0.4, 0.5) is 5.69 Å². The number of rotatable bonds is 14. The topological polar surface area (TPSA) is 96.0 Å². The molecule has 1 fully saturated rings. The van der Waals surface area contributed by atoms with Gasteiger partial charge in [0, 0.05) is 19.0 Å². The molecule has 4 aromatic rings. The normalized spacial score (nSPS) is 14.1. The summed E-state index contributed by atoms with van der Waals surface area (Å²) < 4.78 is 35.4. The Morgan fingerprint density at radius 1 is 0.816 bits per heavy atom. The summed E-state index contributed by atoms with van der Waals surface area (Å²) in [5.74, 6) is -0.120. The second-order valence-electron chi connectivity index (χ2n) is 12.8. The Bertz CT molecular complexity index is 1790. The Hall–Kier alpha value is -4.63. The number of nitrogens with zero attached hydrogens (tertiary/aromatic N) is 2. The summed E-state index contributed by atoms with van der Waals surface area (Å²) in [4.78, 5) is 30.7. The molecule has 2 amide bonds. The molecule has 0 unspecified atom stereocenters. The van der Waals surface area contributed by atoms with Crippen molar-refractivity contribution in [1.29, 1.82) is 0 Å². The van der Waals surface area contributed by atoms with E-state index in [9.17, 15) is 18.0 Å². The van der Waals surface area contributed by atoms with Gasteiger partial charge in [-0.05, 0) is 81.1 Å². The van der Waals surface area contributed by atoms with E-state index < -0.39 is 28.5 Å². The van der Waals surface area contributed by atoms with Crippen LogP contribution in [0.2, 0.25) is 0 Å². The van der Waals surface area contributed by atoms with E-state index >= 15 is 0 Å². The van der Waals surface area contributed by atoms with Gasteiger partial charge in [0.1, 0.15) is 18.3 Å². The average Bonchev–Trinajstić information content (AvgIpc) is 3.10. The lowest BCUT2D eigenvalue weighted by Crippen LogP contribution is -2.55. The highest BCUT2D eigenvalue weighted by Crippen LogP contribution is 2.28. The number of hydrogen-bond acceptors (Lipinski definition) is 5. The van der Waals surface area contributed by atoms with E-state index in [4.69, 9.17) is 4.74 Å². The van der Waals surface area contributed by atoms with Gasteiger partial charge in [-0.15, -0.1) is 0 Å². The summed E-state index contributed by atoms with van der Waals surface area (Å²) >= 11 is 0. The fraction of sp³-hybridized carbons (Fsp3) is 0.350. The fourth-order valence-corrected chi connectivity index (χ4v) is 7.76. The molecule has 1 N–H and O–H groups in total. The molecule has 0 heterocycles. The maximum absolute atomic E-state index is 14.8. The number of nitrogens with one attached hydrogen (secondary N) is 1. The minimum absolute atomic E-state index is 0.0395. The molecule has 49 heavy (non-hydrogen) atoms. The molecule has 0 radical (unpaired) electrons. The zero-order chi connectivity index (χ0) is 34.8. The third kappa shape index (κ3) is 9.50. The van der Waals surface area contributed by atoms with Gasteiger partial charge in [-0.1, -0.05) is 97.1 Å². The molecule has 8 nitrogen and oxygen atoms in total. The molecule has 1 aliphatic carbocycles. The van der Waals surface area contributed by atoms with Crippen molar-refractivity contribution in [2.24, 2.45) is 0 Å². The van der Waals surface area contributed by atoms with Crippen molar-refractivity contribution < 1.29 is 22.7 Å². The molecule has 1 aliphatic rings. The quantitative estimate of drug-likeness (QED) is 0.155. The van der Waals surface area contributed by atoms with Crippen molar-refractivity contribution in [2.75, 3.05) is 17.5 Å². The van der Waals surface area contributed by atoms with Crippen LogP contribution in [0.5, 0.6) is 5.75 Å². The van der Waals surface area contributed by atoms with Crippen LogP contribution < -0.4 is 14.4 Å². The maximum Gasteiger partial charge on any atom is 0.264 e. The van der Waals surface area contributed by atoms with Gasteiger partial charge in [0.05, 0.1) is 17.2 Å². The van der Waals surface area contributed by atoms with E-state index in [-0.39, 0.29) is 29.8 Å². The average molecular weight is 682 g/mol. The second kappa shape index (κ2) is 16.7. The summed E-state index contributed by atoms with van der Waals surface area (Å²) in [5, 5.41) is 3.26.